The Hall–Kier alpha value is -0.140. The van der Waals surface area contributed by atoms with Crippen molar-refractivity contribution >= 4 is 23.4 Å². The molecule has 82 valence electrons. The molecule has 0 N–H and O–H groups in total. The summed E-state index contributed by atoms with van der Waals surface area (Å²) in [4.78, 5) is 1.33. The molecule has 0 nitrogen and oxygen atoms in total. The Labute approximate surface area is 101 Å². The summed E-state index contributed by atoms with van der Waals surface area (Å²) < 4.78 is 0. The molecule has 1 fully saturated rings. The molecule has 2 heteroatoms. The number of rotatable bonds is 2. The van der Waals surface area contributed by atoms with Crippen LogP contribution in [0.1, 0.15) is 32.6 Å². The van der Waals surface area contributed by atoms with Gasteiger partial charge < -0.3 is 0 Å². The van der Waals surface area contributed by atoms with Gasteiger partial charge in [0.2, 0.25) is 0 Å². The summed E-state index contributed by atoms with van der Waals surface area (Å²) in [7, 11) is 0. The Morgan fingerprint density at radius 2 is 2.00 bits per heavy atom. The van der Waals surface area contributed by atoms with Gasteiger partial charge in [-0.15, -0.1) is 23.4 Å². The van der Waals surface area contributed by atoms with Crippen LogP contribution in [0.5, 0.6) is 0 Å². The van der Waals surface area contributed by atoms with Crippen LogP contribution in [0.3, 0.4) is 0 Å². The van der Waals surface area contributed by atoms with E-state index in [9.17, 15) is 0 Å². The molecule has 1 aliphatic rings. The minimum atomic E-state index is -0.0151. The quantitative estimate of drug-likeness (QED) is 0.675. The molecule has 0 unspecified atom stereocenters. The van der Waals surface area contributed by atoms with E-state index in [4.69, 9.17) is 11.6 Å². The molecule has 1 aromatic rings. The van der Waals surface area contributed by atoms with Crippen molar-refractivity contribution in [1.82, 2.24) is 0 Å². The molecule has 2 rings (SSSR count). The molecule has 15 heavy (non-hydrogen) atoms. The minimum absolute atomic E-state index is 0.0151. The van der Waals surface area contributed by atoms with Gasteiger partial charge in [-0.3, -0.25) is 0 Å². The average Bonchev–Trinajstić information content (AvgIpc) is 2.23. The summed E-state index contributed by atoms with van der Waals surface area (Å²) in [5.41, 5.74) is 0. The van der Waals surface area contributed by atoms with E-state index < -0.39 is 0 Å². The van der Waals surface area contributed by atoms with Crippen LogP contribution >= 0.6 is 23.4 Å². The lowest BCUT2D eigenvalue weighted by Crippen LogP contribution is -2.34. The fourth-order valence-electron chi connectivity index (χ4n) is 2.11. The van der Waals surface area contributed by atoms with Gasteiger partial charge in [0.05, 0.1) is 4.87 Å². The van der Waals surface area contributed by atoms with E-state index in [-0.39, 0.29) is 4.87 Å². The summed E-state index contributed by atoms with van der Waals surface area (Å²) in [6, 6.07) is 10.6. The predicted molar refractivity (Wildman–Crippen MR) is 68.8 cm³/mol. The number of hydrogen-bond donors (Lipinski definition) is 0. The first-order valence-corrected chi connectivity index (χ1v) is 6.85. The standard InChI is InChI=1S/C13H17ClS/c1-13(14)10-6-5-9-12(13)15-11-7-3-2-4-8-11/h2-4,7-8,12H,5-6,9-10H2,1H3/t12-,13-/m0/s1. The number of alkyl halides is 1. The maximum absolute atomic E-state index is 6.57. The molecular weight excluding hydrogens is 224 g/mol. The molecule has 0 radical (unpaired) electrons. The first-order chi connectivity index (χ1) is 7.18. The molecule has 2 atom stereocenters. The zero-order valence-electron chi connectivity index (χ0n) is 9.08. The van der Waals surface area contributed by atoms with Gasteiger partial charge in [-0.1, -0.05) is 31.0 Å². The third-order valence-corrected chi connectivity index (χ3v) is 5.24. The second-order valence-corrected chi connectivity index (χ2v) is 6.58. The van der Waals surface area contributed by atoms with Gasteiger partial charge in [0.15, 0.2) is 0 Å². The first-order valence-electron chi connectivity index (χ1n) is 5.59. The summed E-state index contributed by atoms with van der Waals surface area (Å²) in [5.74, 6) is 0. The van der Waals surface area contributed by atoms with Crippen LogP contribution in [0, 0.1) is 0 Å². The van der Waals surface area contributed by atoms with Crippen molar-refractivity contribution < 1.29 is 0 Å². The van der Waals surface area contributed by atoms with Crippen LogP contribution in [-0.2, 0) is 0 Å². The van der Waals surface area contributed by atoms with Crippen LogP contribution < -0.4 is 0 Å². The normalized spacial score (nSPS) is 31.5. The van der Waals surface area contributed by atoms with E-state index in [1.807, 2.05) is 11.8 Å². The number of halogens is 1. The van der Waals surface area contributed by atoms with Crippen molar-refractivity contribution in [3.8, 4) is 0 Å². The van der Waals surface area contributed by atoms with Gasteiger partial charge in [-0.2, -0.15) is 0 Å². The predicted octanol–water partition coefficient (Wildman–Crippen LogP) is 4.72. The zero-order chi connectivity index (χ0) is 10.7. The van der Waals surface area contributed by atoms with Gasteiger partial charge >= 0.3 is 0 Å². The van der Waals surface area contributed by atoms with E-state index in [0.717, 1.165) is 6.42 Å². The molecule has 1 aromatic carbocycles. The van der Waals surface area contributed by atoms with Crippen molar-refractivity contribution in [2.75, 3.05) is 0 Å². The van der Waals surface area contributed by atoms with Gasteiger partial charge in [-0.25, -0.2) is 0 Å². The third kappa shape index (κ3) is 2.92. The minimum Gasteiger partial charge on any atom is -0.121 e. The lowest BCUT2D eigenvalue weighted by molar-refractivity contribution is 0.426. The van der Waals surface area contributed by atoms with E-state index in [2.05, 4.69) is 37.3 Å². The van der Waals surface area contributed by atoms with Crippen LogP contribution in [-0.4, -0.2) is 10.1 Å². The second kappa shape index (κ2) is 4.80. The van der Waals surface area contributed by atoms with Crippen LogP contribution in [0.15, 0.2) is 35.2 Å². The van der Waals surface area contributed by atoms with Crippen LogP contribution in [0.2, 0.25) is 0 Å². The maximum atomic E-state index is 6.57. The van der Waals surface area contributed by atoms with Crippen molar-refractivity contribution in [2.45, 2.75) is 47.6 Å². The lowest BCUT2D eigenvalue weighted by Gasteiger charge is -2.35. The highest BCUT2D eigenvalue weighted by molar-refractivity contribution is 8.00. The molecule has 0 heterocycles. The molecule has 1 aliphatic carbocycles. The molecule has 0 saturated heterocycles. The lowest BCUT2D eigenvalue weighted by atomic mass is 9.89. The Balaban J connectivity index is 2.05. The largest absolute Gasteiger partial charge is 0.121 e. The second-order valence-electron chi connectivity index (χ2n) is 4.44. The first kappa shape index (κ1) is 11.3. The van der Waals surface area contributed by atoms with Crippen LogP contribution in [0.4, 0.5) is 0 Å². The number of thioether (sulfide) groups is 1. The Kier molecular flexibility index (Phi) is 3.63. The highest BCUT2D eigenvalue weighted by Crippen LogP contribution is 2.43. The van der Waals surface area contributed by atoms with Gasteiger partial charge in [0, 0.05) is 10.1 Å². The highest BCUT2D eigenvalue weighted by Gasteiger charge is 2.35. The van der Waals surface area contributed by atoms with Gasteiger partial charge in [0.25, 0.3) is 0 Å². The van der Waals surface area contributed by atoms with E-state index in [1.54, 1.807) is 0 Å². The molecule has 0 spiro atoms. The average molecular weight is 241 g/mol. The monoisotopic (exact) mass is 240 g/mol. The van der Waals surface area contributed by atoms with E-state index >= 15 is 0 Å². The molecule has 0 amide bonds. The molecule has 0 aromatic heterocycles. The fourth-order valence-corrected chi connectivity index (χ4v) is 3.77. The number of benzene rings is 1. The maximum Gasteiger partial charge on any atom is 0.0540 e. The molecule has 0 bridgehead atoms. The summed E-state index contributed by atoms with van der Waals surface area (Å²) in [5, 5.41) is 0.565. The van der Waals surface area contributed by atoms with Crippen molar-refractivity contribution in [1.29, 1.82) is 0 Å². The van der Waals surface area contributed by atoms with Gasteiger partial charge in [-0.05, 0) is 31.9 Å². The van der Waals surface area contributed by atoms with Crippen molar-refractivity contribution in [2.24, 2.45) is 0 Å². The number of hydrogen-bond acceptors (Lipinski definition) is 1. The SMILES string of the molecule is C[C@]1(Cl)CCCC[C@@H]1Sc1ccccc1. The van der Waals surface area contributed by atoms with E-state index in [1.165, 1.54) is 24.2 Å². The Morgan fingerprint density at radius 3 is 2.67 bits per heavy atom. The molecule has 1 saturated carbocycles. The highest BCUT2D eigenvalue weighted by atomic mass is 35.5. The summed E-state index contributed by atoms with van der Waals surface area (Å²) in [6.07, 6.45) is 5.01. The summed E-state index contributed by atoms with van der Waals surface area (Å²) in [6.45, 7) is 2.19. The Bertz CT molecular complexity index is 308. The van der Waals surface area contributed by atoms with E-state index in [0.29, 0.717) is 5.25 Å². The molecular formula is C13H17ClS. The fraction of sp³-hybridized carbons (Fsp3) is 0.538. The Morgan fingerprint density at radius 1 is 1.27 bits per heavy atom. The topological polar surface area (TPSA) is 0 Å². The molecule has 0 aliphatic heterocycles. The van der Waals surface area contributed by atoms with Crippen molar-refractivity contribution in [3.63, 3.8) is 0 Å². The van der Waals surface area contributed by atoms with Crippen LogP contribution in [0.25, 0.3) is 0 Å². The van der Waals surface area contributed by atoms with Crippen molar-refractivity contribution in [3.05, 3.63) is 30.3 Å². The third-order valence-electron chi connectivity index (χ3n) is 3.07. The summed E-state index contributed by atoms with van der Waals surface area (Å²) >= 11 is 8.51. The smallest absolute Gasteiger partial charge is 0.0540 e. The zero-order valence-corrected chi connectivity index (χ0v) is 10.7. The van der Waals surface area contributed by atoms with Gasteiger partial charge in [0.1, 0.15) is 0 Å².